The van der Waals surface area contributed by atoms with Crippen molar-refractivity contribution in [2.24, 2.45) is 0 Å². The zero-order valence-corrected chi connectivity index (χ0v) is 9.23. The minimum Gasteiger partial charge on any atom is -0.376 e. The lowest BCUT2D eigenvalue weighted by Gasteiger charge is -2.07. The normalized spacial score (nSPS) is 20.4. The van der Waals surface area contributed by atoms with Crippen molar-refractivity contribution >= 4 is 0 Å². The van der Waals surface area contributed by atoms with Crippen LogP contribution < -0.4 is 0 Å². The van der Waals surface area contributed by atoms with Gasteiger partial charge in [0.1, 0.15) is 0 Å². The van der Waals surface area contributed by atoms with Gasteiger partial charge in [0.05, 0.1) is 18.3 Å². The Morgan fingerprint density at radius 3 is 2.86 bits per heavy atom. The molecule has 1 aromatic heterocycles. The zero-order chi connectivity index (χ0) is 10.4. The van der Waals surface area contributed by atoms with Crippen molar-refractivity contribution in [3.8, 4) is 0 Å². The minimum atomic E-state index is 0.353. The van der Waals surface area contributed by atoms with E-state index in [0.717, 1.165) is 25.3 Å². The van der Waals surface area contributed by atoms with Crippen molar-refractivity contribution in [1.29, 1.82) is 0 Å². The molecule has 0 spiro atoms. The van der Waals surface area contributed by atoms with Crippen molar-refractivity contribution in [2.45, 2.75) is 46.3 Å². The number of aromatic nitrogens is 3. The maximum Gasteiger partial charge on any atom is 0.0796 e. The number of rotatable bonds is 2. The predicted octanol–water partition coefficient (Wildman–Crippen LogP) is 1.79. The molecule has 2 heterocycles. The maximum absolute atomic E-state index is 5.48. The van der Waals surface area contributed by atoms with Crippen molar-refractivity contribution in [3.63, 3.8) is 0 Å². The van der Waals surface area contributed by atoms with Gasteiger partial charge in [-0.3, -0.25) is 0 Å². The highest BCUT2D eigenvalue weighted by molar-refractivity contribution is 4.87. The lowest BCUT2D eigenvalue weighted by molar-refractivity contribution is 0.0935. The van der Waals surface area contributed by atoms with Crippen LogP contribution >= 0.6 is 0 Å². The number of hydrogen-bond acceptors (Lipinski definition) is 3. The molecule has 1 aliphatic heterocycles. The monoisotopic (exact) mass is 197 g/mol. The zero-order valence-electron chi connectivity index (χ0n) is 9.23. The first kappa shape index (κ1) is 11.2. The second kappa shape index (κ2) is 5.75. The van der Waals surface area contributed by atoms with E-state index in [0.29, 0.717) is 6.10 Å². The van der Waals surface area contributed by atoms with Crippen molar-refractivity contribution in [3.05, 3.63) is 11.9 Å². The summed E-state index contributed by atoms with van der Waals surface area (Å²) >= 11 is 0. The summed E-state index contributed by atoms with van der Waals surface area (Å²) in [4.78, 5) is 0. The van der Waals surface area contributed by atoms with Gasteiger partial charge in [-0.15, -0.1) is 5.10 Å². The summed E-state index contributed by atoms with van der Waals surface area (Å²) in [5, 5.41) is 7.88. The van der Waals surface area contributed by atoms with Gasteiger partial charge in [0.25, 0.3) is 0 Å². The molecule has 0 saturated carbocycles. The van der Waals surface area contributed by atoms with Gasteiger partial charge in [-0.25, -0.2) is 4.68 Å². The summed E-state index contributed by atoms with van der Waals surface area (Å²) in [5.74, 6) is 0. The van der Waals surface area contributed by atoms with Crippen LogP contribution in [0.2, 0.25) is 0 Å². The molecule has 1 unspecified atom stereocenters. The Kier molecular flexibility index (Phi) is 4.59. The van der Waals surface area contributed by atoms with E-state index in [-0.39, 0.29) is 0 Å². The van der Waals surface area contributed by atoms with E-state index in [4.69, 9.17) is 4.74 Å². The van der Waals surface area contributed by atoms with Crippen molar-refractivity contribution < 1.29 is 4.74 Å². The number of aryl methyl sites for hydroxylation is 1. The number of hydrogen-bond donors (Lipinski definition) is 0. The smallest absolute Gasteiger partial charge is 0.0796 e. The molecule has 0 radical (unpaired) electrons. The highest BCUT2D eigenvalue weighted by atomic mass is 16.5. The van der Waals surface area contributed by atoms with Gasteiger partial charge >= 0.3 is 0 Å². The first-order chi connectivity index (χ1) is 6.84. The molecule has 1 atom stereocenters. The second-order valence-corrected chi connectivity index (χ2v) is 3.22. The van der Waals surface area contributed by atoms with Crippen molar-refractivity contribution in [2.75, 3.05) is 6.61 Å². The molecule has 1 saturated heterocycles. The third kappa shape index (κ3) is 3.10. The van der Waals surface area contributed by atoms with Gasteiger partial charge in [-0.2, -0.15) is 0 Å². The molecule has 1 aromatic rings. The summed E-state index contributed by atoms with van der Waals surface area (Å²) in [7, 11) is 0. The maximum atomic E-state index is 5.48. The van der Waals surface area contributed by atoms with Gasteiger partial charge in [0.15, 0.2) is 0 Å². The van der Waals surface area contributed by atoms with Crippen LogP contribution in [0.15, 0.2) is 6.20 Å². The molecule has 14 heavy (non-hydrogen) atoms. The van der Waals surface area contributed by atoms with Crippen LogP contribution in [-0.4, -0.2) is 27.7 Å². The average Bonchev–Trinajstić information content (AvgIpc) is 2.82. The second-order valence-electron chi connectivity index (χ2n) is 3.22. The van der Waals surface area contributed by atoms with E-state index in [1.165, 1.54) is 6.42 Å². The van der Waals surface area contributed by atoms with Gasteiger partial charge in [0.2, 0.25) is 0 Å². The SMILES string of the molecule is CC.Cc1cn(CC2CCCO2)nn1. The van der Waals surface area contributed by atoms with Gasteiger partial charge in [-0.05, 0) is 19.8 Å². The van der Waals surface area contributed by atoms with E-state index in [1.807, 2.05) is 31.6 Å². The quantitative estimate of drug-likeness (QED) is 0.725. The highest BCUT2D eigenvalue weighted by Gasteiger charge is 2.16. The van der Waals surface area contributed by atoms with E-state index in [9.17, 15) is 0 Å². The molecule has 0 amide bonds. The van der Waals surface area contributed by atoms with Gasteiger partial charge < -0.3 is 4.74 Å². The van der Waals surface area contributed by atoms with Crippen LogP contribution in [0, 0.1) is 6.92 Å². The van der Waals surface area contributed by atoms with Crippen LogP contribution in [0.25, 0.3) is 0 Å². The topological polar surface area (TPSA) is 39.9 Å². The summed E-state index contributed by atoms with van der Waals surface area (Å²) in [6.45, 7) is 7.69. The Morgan fingerprint density at radius 1 is 1.57 bits per heavy atom. The fourth-order valence-electron chi connectivity index (χ4n) is 1.48. The molecular weight excluding hydrogens is 178 g/mol. The summed E-state index contributed by atoms with van der Waals surface area (Å²) in [6, 6.07) is 0. The molecule has 4 nitrogen and oxygen atoms in total. The van der Waals surface area contributed by atoms with E-state index in [1.54, 1.807) is 0 Å². The van der Waals surface area contributed by atoms with E-state index >= 15 is 0 Å². The lowest BCUT2D eigenvalue weighted by Crippen LogP contribution is -2.15. The highest BCUT2D eigenvalue weighted by Crippen LogP contribution is 2.13. The number of nitrogens with zero attached hydrogens (tertiary/aromatic N) is 3. The Hall–Kier alpha value is -0.900. The van der Waals surface area contributed by atoms with E-state index < -0.39 is 0 Å². The van der Waals surface area contributed by atoms with Gasteiger partial charge in [0, 0.05) is 12.8 Å². The Balaban J connectivity index is 0.000000461. The van der Waals surface area contributed by atoms with Crippen LogP contribution in [0.5, 0.6) is 0 Å². The largest absolute Gasteiger partial charge is 0.376 e. The first-order valence-corrected chi connectivity index (χ1v) is 5.33. The van der Waals surface area contributed by atoms with Crippen LogP contribution in [0.3, 0.4) is 0 Å². The molecule has 1 fully saturated rings. The molecule has 4 heteroatoms. The lowest BCUT2D eigenvalue weighted by atomic mass is 10.2. The Labute approximate surface area is 85.3 Å². The third-order valence-electron chi connectivity index (χ3n) is 2.07. The Morgan fingerprint density at radius 2 is 2.36 bits per heavy atom. The molecule has 80 valence electrons. The first-order valence-electron chi connectivity index (χ1n) is 5.33. The summed E-state index contributed by atoms with van der Waals surface area (Å²) in [5.41, 5.74) is 0.966. The van der Waals surface area contributed by atoms with Gasteiger partial charge in [-0.1, -0.05) is 19.1 Å². The minimum absolute atomic E-state index is 0.353. The predicted molar refractivity (Wildman–Crippen MR) is 55.1 cm³/mol. The number of ether oxygens (including phenoxy) is 1. The molecule has 1 aliphatic rings. The summed E-state index contributed by atoms with van der Waals surface area (Å²) < 4.78 is 7.33. The summed E-state index contributed by atoms with van der Waals surface area (Å²) in [6.07, 6.45) is 4.63. The Bertz CT molecular complexity index is 254. The van der Waals surface area contributed by atoms with Crippen LogP contribution in [0.4, 0.5) is 0 Å². The average molecular weight is 197 g/mol. The molecule has 2 rings (SSSR count). The fraction of sp³-hybridized carbons (Fsp3) is 0.800. The van der Waals surface area contributed by atoms with Crippen LogP contribution in [-0.2, 0) is 11.3 Å². The molecule has 0 aromatic carbocycles. The molecule has 0 N–H and O–H groups in total. The van der Waals surface area contributed by atoms with E-state index in [2.05, 4.69) is 10.3 Å². The third-order valence-corrected chi connectivity index (χ3v) is 2.07. The van der Waals surface area contributed by atoms with Crippen LogP contribution in [0.1, 0.15) is 32.4 Å². The molecule has 0 bridgehead atoms. The molecule has 0 aliphatic carbocycles. The van der Waals surface area contributed by atoms with Crippen molar-refractivity contribution in [1.82, 2.24) is 15.0 Å². The fourth-order valence-corrected chi connectivity index (χ4v) is 1.48. The molecular formula is C10H19N3O. The standard InChI is InChI=1S/C8H13N3O.C2H6/c1-7-5-11(10-9-7)6-8-3-2-4-12-8;1-2/h5,8H,2-4,6H2,1H3;1-2H3.